The molecule has 0 unspecified atom stereocenters. The van der Waals surface area contributed by atoms with Gasteiger partial charge >= 0.3 is 0 Å². The lowest BCUT2D eigenvalue weighted by Gasteiger charge is -2.16. The summed E-state index contributed by atoms with van der Waals surface area (Å²) in [5.74, 6) is 1.25. The van der Waals surface area contributed by atoms with Gasteiger partial charge in [0.05, 0.1) is 0 Å². The maximum Gasteiger partial charge on any atom is 0.260 e. The topological polar surface area (TPSA) is 38.3 Å². The summed E-state index contributed by atoms with van der Waals surface area (Å²) in [6.07, 6.45) is 1.39. The van der Waals surface area contributed by atoms with Crippen LogP contribution in [0.3, 0.4) is 0 Å². The first-order valence-corrected chi connectivity index (χ1v) is 9.06. The zero-order chi connectivity index (χ0) is 18.2. The molecule has 0 aliphatic heterocycles. The Morgan fingerprint density at radius 1 is 1.04 bits per heavy atom. The van der Waals surface area contributed by atoms with E-state index in [1.165, 1.54) is 11.1 Å². The molecule has 0 fully saturated rings. The van der Waals surface area contributed by atoms with E-state index in [-0.39, 0.29) is 5.91 Å². The van der Waals surface area contributed by atoms with E-state index in [0.717, 1.165) is 24.2 Å². The monoisotopic (exact) mass is 339 g/mol. The van der Waals surface area contributed by atoms with Gasteiger partial charge in [-0.2, -0.15) is 0 Å². The number of aryl methyl sites for hydroxylation is 2. The number of rotatable bonds is 8. The molecule has 2 aromatic carbocycles. The first-order chi connectivity index (χ1) is 12.0. The Balaban J connectivity index is 1.72. The molecule has 0 aliphatic carbocycles. The third-order valence-corrected chi connectivity index (χ3v) is 4.35. The molecule has 0 heterocycles. The third kappa shape index (κ3) is 5.93. The van der Waals surface area contributed by atoms with E-state index < -0.39 is 6.10 Å². The van der Waals surface area contributed by atoms with Gasteiger partial charge in [-0.1, -0.05) is 56.3 Å². The maximum absolute atomic E-state index is 12.2. The minimum Gasteiger partial charge on any atom is -0.481 e. The fraction of sp³-hybridized carbons (Fsp3) is 0.409. The van der Waals surface area contributed by atoms with Gasteiger partial charge in [-0.25, -0.2) is 0 Å². The molecular weight excluding hydrogens is 310 g/mol. The number of carbonyl (C=O) groups excluding carboxylic acids is 1. The molecular formula is C22H29NO2. The molecule has 0 spiro atoms. The maximum atomic E-state index is 12.2. The molecule has 1 amide bonds. The largest absolute Gasteiger partial charge is 0.481 e. The van der Waals surface area contributed by atoms with Crippen LogP contribution in [0.4, 0.5) is 0 Å². The van der Waals surface area contributed by atoms with E-state index in [4.69, 9.17) is 4.74 Å². The molecule has 0 bridgehead atoms. The number of ether oxygens (including phenoxy) is 1. The van der Waals surface area contributed by atoms with Crippen LogP contribution in [0.1, 0.15) is 49.8 Å². The second kappa shape index (κ2) is 9.26. The smallest absolute Gasteiger partial charge is 0.260 e. The molecule has 1 atom stereocenters. The van der Waals surface area contributed by atoms with Crippen molar-refractivity contribution in [2.75, 3.05) is 6.54 Å². The molecule has 134 valence electrons. The van der Waals surface area contributed by atoms with Gasteiger partial charge in [0, 0.05) is 6.54 Å². The van der Waals surface area contributed by atoms with Crippen LogP contribution in [0.15, 0.2) is 48.5 Å². The Morgan fingerprint density at radius 2 is 1.72 bits per heavy atom. The predicted molar refractivity (Wildman–Crippen MR) is 103 cm³/mol. The van der Waals surface area contributed by atoms with Gasteiger partial charge in [0.15, 0.2) is 6.10 Å². The lowest BCUT2D eigenvalue weighted by molar-refractivity contribution is -0.127. The summed E-state index contributed by atoms with van der Waals surface area (Å²) in [4.78, 5) is 12.2. The van der Waals surface area contributed by atoms with Crippen LogP contribution in [-0.2, 0) is 11.2 Å². The summed E-state index contributed by atoms with van der Waals surface area (Å²) < 4.78 is 5.75. The fourth-order valence-corrected chi connectivity index (χ4v) is 2.65. The number of hydrogen-bond donors (Lipinski definition) is 1. The summed E-state index contributed by atoms with van der Waals surface area (Å²) in [6.45, 7) is 8.82. The van der Waals surface area contributed by atoms with E-state index in [1.54, 1.807) is 6.92 Å². The van der Waals surface area contributed by atoms with Crippen LogP contribution in [0.25, 0.3) is 0 Å². The van der Waals surface area contributed by atoms with Crippen molar-refractivity contribution in [3.8, 4) is 5.75 Å². The molecule has 25 heavy (non-hydrogen) atoms. The van der Waals surface area contributed by atoms with Crippen LogP contribution in [0.2, 0.25) is 0 Å². The van der Waals surface area contributed by atoms with Crippen molar-refractivity contribution in [3.63, 3.8) is 0 Å². The molecule has 3 heteroatoms. The van der Waals surface area contributed by atoms with Gasteiger partial charge in [0.2, 0.25) is 0 Å². The minimum absolute atomic E-state index is 0.0709. The van der Waals surface area contributed by atoms with E-state index >= 15 is 0 Å². The highest BCUT2D eigenvalue weighted by Gasteiger charge is 2.14. The SMILES string of the molecule is Cc1ccccc1O[C@@H](C)C(=O)NCCCc1ccc(C(C)C)cc1. The van der Waals surface area contributed by atoms with Gasteiger partial charge in [-0.3, -0.25) is 4.79 Å². The molecule has 0 aromatic heterocycles. The van der Waals surface area contributed by atoms with E-state index in [2.05, 4.69) is 43.4 Å². The van der Waals surface area contributed by atoms with Crippen LogP contribution >= 0.6 is 0 Å². The summed E-state index contributed by atoms with van der Waals surface area (Å²) in [5, 5.41) is 2.96. The zero-order valence-corrected chi connectivity index (χ0v) is 15.7. The highest BCUT2D eigenvalue weighted by atomic mass is 16.5. The Kier molecular flexibility index (Phi) is 7.05. The van der Waals surface area contributed by atoms with E-state index in [9.17, 15) is 4.79 Å². The second-order valence-corrected chi connectivity index (χ2v) is 6.82. The van der Waals surface area contributed by atoms with Crippen molar-refractivity contribution < 1.29 is 9.53 Å². The minimum atomic E-state index is -0.494. The van der Waals surface area contributed by atoms with Crippen molar-refractivity contribution in [1.29, 1.82) is 0 Å². The number of benzene rings is 2. The Labute approximate surface area is 151 Å². The van der Waals surface area contributed by atoms with Crippen molar-refractivity contribution in [3.05, 3.63) is 65.2 Å². The van der Waals surface area contributed by atoms with E-state index in [0.29, 0.717) is 12.5 Å². The first-order valence-electron chi connectivity index (χ1n) is 9.06. The van der Waals surface area contributed by atoms with Crippen LogP contribution in [0, 0.1) is 6.92 Å². The molecule has 0 saturated carbocycles. The number of nitrogens with one attached hydrogen (secondary N) is 1. The number of hydrogen-bond acceptors (Lipinski definition) is 2. The molecule has 3 nitrogen and oxygen atoms in total. The van der Waals surface area contributed by atoms with Crippen LogP contribution < -0.4 is 10.1 Å². The number of para-hydroxylation sites is 1. The van der Waals surface area contributed by atoms with Crippen molar-refractivity contribution in [1.82, 2.24) is 5.32 Å². The van der Waals surface area contributed by atoms with Crippen LogP contribution in [-0.4, -0.2) is 18.6 Å². The molecule has 0 radical (unpaired) electrons. The molecule has 1 N–H and O–H groups in total. The lowest BCUT2D eigenvalue weighted by atomic mass is 10.0. The Hall–Kier alpha value is -2.29. The number of carbonyl (C=O) groups is 1. The van der Waals surface area contributed by atoms with Gasteiger partial charge < -0.3 is 10.1 Å². The van der Waals surface area contributed by atoms with Crippen molar-refractivity contribution in [2.45, 2.75) is 52.6 Å². The van der Waals surface area contributed by atoms with E-state index in [1.807, 2.05) is 31.2 Å². The summed E-state index contributed by atoms with van der Waals surface area (Å²) in [6, 6.07) is 16.5. The normalized spacial score (nSPS) is 12.0. The Bertz CT molecular complexity index is 677. The van der Waals surface area contributed by atoms with Gasteiger partial charge in [0.1, 0.15) is 5.75 Å². The summed E-state index contributed by atoms with van der Waals surface area (Å²) >= 11 is 0. The first kappa shape index (κ1) is 19.0. The average Bonchev–Trinajstić information content (AvgIpc) is 2.60. The lowest BCUT2D eigenvalue weighted by Crippen LogP contribution is -2.37. The van der Waals surface area contributed by atoms with Crippen LogP contribution in [0.5, 0.6) is 5.75 Å². The molecule has 2 aromatic rings. The summed E-state index contributed by atoms with van der Waals surface area (Å²) in [7, 11) is 0. The summed E-state index contributed by atoms with van der Waals surface area (Å²) in [5.41, 5.74) is 3.70. The van der Waals surface area contributed by atoms with Gasteiger partial charge in [-0.15, -0.1) is 0 Å². The molecule has 0 aliphatic rings. The second-order valence-electron chi connectivity index (χ2n) is 6.82. The van der Waals surface area contributed by atoms with Gasteiger partial charge in [-0.05, 0) is 55.4 Å². The fourth-order valence-electron chi connectivity index (χ4n) is 2.65. The number of amides is 1. The highest BCUT2D eigenvalue weighted by Crippen LogP contribution is 2.18. The standard InChI is InChI=1S/C22H29NO2/c1-16(2)20-13-11-19(12-14-20)9-7-15-23-22(24)18(4)25-21-10-6-5-8-17(21)3/h5-6,8,10-14,16,18H,7,9,15H2,1-4H3,(H,23,24)/t18-/m0/s1. The quantitative estimate of drug-likeness (QED) is 0.712. The molecule has 2 rings (SSSR count). The van der Waals surface area contributed by atoms with Crippen molar-refractivity contribution in [2.24, 2.45) is 0 Å². The Morgan fingerprint density at radius 3 is 2.36 bits per heavy atom. The predicted octanol–water partition coefficient (Wildman–Crippen LogP) is 4.63. The van der Waals surface area contributed by atoms with Crippen molar-refractivity contribution >= 4 is 5.91 Å². The highest BCUT2D eigenvalue weighted by molar-refractivity contribution is 5.80. The average molecular weight is 339 g/mol. The van der Waals surface area contributed by atoms with Gasteiger partial charge in [0.25, 0.3) is 5.91 Å². The zero-order valence-electron chi connectivity index (χ0n) is 15.7. The molecule has 0 saturated heterocycles. The third-order valence-electron chi connectivity index (χ3n) is 4.35.